The fourth-order valence-electron chi connectivity index (χ4n) is 4.06. The normalized spacial score (nSPS) is 18.5. The van der Waals surface area contributed by atoms with Crippen molar-refractivity contribution in [2.45, 2.75) is 64.9 Å². The lowest BCUT2D eigenvalue weighted by Gasteiger charge is -2.33. The number of carbonyl (C=O) groups is 2. The zero-order valence-electron chi connectivity index (χ0n) is 16.5. The highest BCUT2D eigenvalue weighted by Gasteiger charge is 2.31. The van der Waals surface area contributed by atoms with E-state index in [9.17, 15) is 9.59 Å². The third-order valence-corrected chi connectivity index (χ3v) is 5.67. The molecule has 1 aromatic rings. The molecule has 27 heavy (non-hydrogen) atoms. The number of aryl methyl sites for hydroxylation is 2. The number of hydrogen-bond donors (Lipinski definition) is 0. The summed E-state index contributed by atoms with van der Waals surface area (Å²) >= 11 is 0. The van der Waals surface area contributed by atoms with Gasteiger partial charge >= 0.3 is 5.97 Å². The van der Waals surface area contributed by atoms with Crippen LogP contribution in [0.25, 0.3) is 0 Å². The number of nitrogens with zero attached hydrogens (tertiary/aromatic N) is 1. The van der Waals surface area contributed by atoms with Crippen LogP contribution in [0.5, 0.6) is 5.75 Å². The van der Waals surface area contributed by atoms with Crippen LogP contribution in [0.3, 0.4) is 0 Å². The van der Waals surface area contributed by atoms with E-state index >= 15 is 0 Å². The Morgan fingerprint density at radius 1 is 1.11 bits per heavy atom. The minimum Gasteiger partial charge on any atom is -0.481 e. The molecule has 5 nitrogen and oxygen atoms in total. The predicted molar refractivity (Wildman–Crippen MR) is 104 cm³/mol. The van der Waals surface area contributed by atoms with E-state index in [-0.39, 0.29) is 17.8 Å². The number of amides is 1. The number of piperidine rings is 1. The van der Waals surface area contributed by atoms with Crippen molar-refractivity contribution in [3.63, 3.8) is 0 Å². The molecule has 0 saturated carbocycles. The first kappa shape index (κ1) is 19.7. The Morgan fingerprint density at radius 3 is 2.48 bits per heavy atom. The van der Waals surface area contributed by atoms with Crippen LogP contribution in [0.1, 0.15) is 57.1 Å². The van der Waals surface area contributed by atoms with Crippen molar-refractivity contribution in [3.8, 4) is 5.75 Å². The lowest BCUT2D eigenvalue weighted by molar-refractivity contribution is -0.152. The topological polar surface area (TPSA) is 55.8 Å². The van der Waals surface area contributed by atoms with Crippen LogP contribution in [0.2, 0.25) is 0 Å². The van der Waals surface area contributed by atoms with Gasteiger partial charge in [-0.2, -0.15) is 0 Å². The summed E-state index contributed by atoms with van der Waals surface area (Å²) < 4.78 is 11.2. The van der Waals surface area contributed by atoms with E-state index in [0.717, 1.165) is 18.6 Å². The molecule has 1 heterocycles. The molecular weight excluding hydrogens is 342 g/mol. The van der Waals surface area contributed by atoms with Gasteiger partial charge in [-0.3, -0.25) is 9.59 Å². The van der Waals surface area contributed by atoms with Crippen LogP contribution < -0.4 is 4.74 Å². The molecular formula is C22H31NO4. The van der Waals surface area contributed by atoms with Gasteiger partial charge in [-0.1, -0.05) is 13.0 Å². The summed E-state index contributed by atoms with van der Waals surface area (Å²) in [5.41, 5.74) is 2.77. The molecule has 5 heteroatoms. The van der Waals surface area contributed by atoms with Gasteiger partial charge in [0, 0.05) is 13.1 Å². The fourth-order valence-corrected chi connectivity index (χ4v) is 4.06. The highest BCUT2D eigenvalue weighted by atomic mass is 16.5. The van der Waals surface area contributed by atoms with Gasteiger partial charge in [0.2, 0.25) is 0 Å². The van der Waals surface area contributed by atoms with Gasteiger partial charge in [-0.15, -0.1) is 0 Å². The van der Waals surface area contributed by atoms with Crippen molar-refractivity contribution in [1.82, 2.24) is 4.90 Å². The van der Waals surface area contributed by atoms with Gasteiger partial charge in [0.25, 0.3) is 5.91 Å². The van der Waals surface area contributed by atoms with E-state index in [0.29, 0.717) is 39.0 Å². The van der Waals surface area contributed by atoms with E-state index in [1.54, 1.807) is 0 Å². The quantitative estimate of drug-likeness (QED) is 0.716. The lowest BCUT2D eigenvalue weighted by Crippen LogP contribution is -2.46. The molecule has 1 aliphatic carbocycles. The first-order valence-electron chi connectivity index (χ1n) is 10.4. The number of fused-ring (bicyclic) bond motifs is 1. The van der Waals surface area contributed by atoms with E-state index in [2.05, 4.69) is 12.1 Å². The number of likely N-dealkylation sites (tertiary alicyclic amines) is 1. The summed E-state index contributed by atoms with van der Waals surface area (Å²) in [7, 11) is 0. The molecule has 1 aromatic carbocycles. The molecule has 1 atom stereocenters. The highest BCUT2D eigenvalue weighted by molar-refractivity contribution is 5.82. The molecule has 0 radical (unpaired) electrons. The summed E-state index contributed by atoms with van der Waals surface area (Å²) in [6.07, 6.45) is 6.21. The molecule has 1 fully saturated rings. The summed E-state index contributed by atoms with van der Waals surface area (Å²) in [6, 6.07) is 6.25. The summed E-state index contributed by atoms with van der Waals surface area (Å²) in [5.74, 6) is 0.590. The standard InChI is InChI=1S/C22H31NO4/c1-3-20(27-19-10-9-16-7-5-6-8-18(16)15-19)21(24)23-13-11-17(12-14-23)22(25)26-4-2/h9-10,15,17,20H,3-8,11-14H2,1-2H3/t20-/m0/s1. The second kappa shape index (κ2) is 9.25. The van der Waals surface area contributed by atoms with Gasteiger partial charge in [0.05, 0.1) is 12.5 Å². The molecule has 0 bridgehead atoms. The van der Waals surface area contributed by atoms with Crippen molar-refractivity contribution in [3.05, 3.63) is 29.3 Å². The molecule has 1 saturated heterocycles. The van der Waals surface area contributed by atoms with Crippen LogP contribution in [0.15, 0.2) is 18.2 Å². The summed E-state index contributed by atoms with van der Waals surface area (Å²) in [6.45, 7) is 5.38. The SMILES string of the molecule is CCOC(=O)C1CCN(C(=O)[C@H](CC)Oc2ccc3c(c2)CCCC3)CC1. The Morgan fingerprint density at radius 2 is 1.81 bits per heavy atom. The maximum atomic E-state index is 12.9. The monoisotopic (exact) mass is 373 g/mol. The van der Waals surface area contributed by atoms with Crippen LogP contribution in [0.4, 0.5) is 0 Å². The Balaban J connectivity index is 1.57. The Kier molecular flexibility index (Phi) is 6.75. The second-order valence-electron chi connectivity index (χ2n) is 7.50. The minimum atomic E-state index is -0.467. The molecule has 148 valence electrons. The third-order valence-electron chi connectivity index (χ3n) is 5.67. The number of esters is 1. The highest BCUT2D eigenvalue weighted by Crippen LogP contribution is 2.27. The molecule has 0 N–H and O–H groups in total. The predicted octanol–water partition coefficient (Wildman–Crippen LogP) is 3.52. The van der Waals surface area contributed by atoms with E-state index in [1.807, 2.05) is 24.8 Å². The molecule has 1 aliphatic heterocycles. The molecule has 2 aliphatic rings. The Hall–Kier alpha value is -2.04. The average Bonchev–Trinajstić information content (AvgIpc) is 2.71. The fraction of sp³-hybridized carbons (Fsp3) is 0.636. The summed E-state index contributed by atoms with van der Waals surface area (Å²) in [5, 5.41) is 0. The van der Waals surface area contributed by atoms with Gasteiger partial charge in [-0.05, 0) is 75.1 Å². The van der Waals surface area contributed by atoms with Crippen molar-refractivity contribution in [2.75, 3.05) is 19.7 Å². The van der Waals surface area contributed by atoms with Crippen molar-refractivity contribution in [2.24, 2.45) is 5.92 Å². The van der Waals surface area contributed by atoms with Crippen molar-refractivity contribution < 1.29 is 19.1 Å². The molecule has 0 aromatic heterocycles. The minimum absolute atomic E-state index is 0.0255. The number of carbonyl (C=O) groups excluding carboxylic acids is 2. The Bertz CT molecular complexity index is 664. The van der Waals surface area contributed by atoms with E-state index in [4.69, 9.17) is 9.47 Å². The van der Waals surface area contributed by atoms with Crippen molar-refractivity contribution >= 4 is 11.9 Å². The van der Waals surface area contributed by atoms with Crippen molar-refractivity contribution in [1.29, 1.82) is 0 Å². The zero-order chi connectivity index (χ0) is 19.2. The second-order valence-corrected chi connectivity index (χ2v) is 7.50. The van der Waals surface area contributed by atoms with Crippen LogP contribution in [-0.2, 0) is 27.2 Å². The Labute approximate surface area is 162 Å². The maximum absolute atomic E-state index is 12.9. The third kappa shape index (κ3) is 4.82. The number of ether oxygens (including phenoxy) is 2. The zero-order valence-corrected chi connectivity index (χ0v) is 16.5. The van der Waals surface area contributed by atoms with E-state index in [1.165, 1.54) is 24.0 Å². The van der Waals surface area contributed by atoms with Gasteiger partial charge in [0.15, 0.2) is 6.10 Å². The van der Waals surface area contributed by atoms with Gasteiger partial charge < -0.3 is 14.4 Å². The summed E-state index contributed by atoms with van der Waals surface area (Å²) in [4.78, 5) is 26.6. The first-order valence-corrected chi connectivity index (χ1v) is 10.4. The molecule has 1 amide bonds. The van der Waals surface area contributed by atoms with Crippen LogP contribution >= 0.6 is 0 Å². The number of rotatable bonds is 6. The van der Waals surface area contributed by atoms with Gasteiger partial charge in [0.1, 0.15) is 5.75 Å². The molecule has 0 unspecified atom stereocenters. The average molecular weight is 373 g/mol. The van der Waals surface area contributed by atoms with Gasteiger partial charge in [-0.25, -0.2) is 0 Å². The molecule has 0 spiro atoms. The maximum Gasteiger partial charge on any atom is 0.309 e. The molecule has 3 rings (SSSR count). The largest absolute Gasteiger partial charge is 0.481 e. The number of hydrogen-bond acceptors (Lipinski definition) is 4. The van der Waals surface area contributed by atoms with Crippen LogP contribution in [0, 0.1) is 5.92 Å². The smallest absolute Gasteiger partial charge is 0.309 e. The van der Waals surface area contributed by atoms with E-state index < -0.39 is 6.10 Å². The first-order chi connectivity index (χ1) is 13.1. The lowest BCUT2D eigenvalue weighted by atomic mass is 9.92. The van der Waals surface area contributed by atoms with Crippen LogP contribution in [-0.4, -0.2) is 42.6 Å². The number of benzene rings is 1.